The number of nitrogens with zero attached hydrogens (tertiary/aromatic N) is 3. The second-order valence-corrected chi connectivity index (χ2v) is 7.35. The molecule has 1 saturated carbocycles. The Labute approximate surface area is 179 Å². The molecule has 2 atom stereocenters. The number of carbonyl (C=O) groups excluding carboxylic acids is 1. The van der Waals surface area contributed by atoms with Crippen LogP contribution in [0.2, 0.25) is 0 Å². The summed E-state index contributed by atoms with van der Waals surface area (Å²) in [5.41, 5.74) is 1.02. The normalized spacial score (nSPS) is 17.9. The molecule has 3 aromatic rings. The van der Waals surface area contributed by atoms with Crippen molar-refractivity contribution in [3.05, 3.63) is 66.4 Å². The van der Waals surface area contributed by atoms with Gasteiger partial charge in [0.15, 0.2) is 5.82 Å². The topological polar surface area (TPSA) is 86.2 Å². The molecule has 0 unspecified atom stereocenters. The van der Waals surface area contributed by atoms with Crippen molar-refractivity contribution in [1.29, 1.82) is 0 Å². The lowest BCUT2D eigenvalue weighted by molar-refractivity contribution is 0.0916. The first-order valence-electron chi connectivity index (χ1n) is 10.2. The number of rotatable bonds is 7. The van der Waals surface area contributed by atoms with Crippen molar-refractivity contribution in [1.82, 2.24) is 20.3 Å². The van der Waals surface area contributed by atoms with Crippen molar-refractivity contribution in [2.75, 3.05) is 13.7 Å². The molecule has 8 heteroatoms. The van der Waals surface area contributed by atoms with E-state index in [4.69, 9.17) is 9.47 Å². The third kappa shape index (κ3) is 4.79. The van der Waals surface area contributed by atoms with Gasteiger partial charge < -0.3 is 14.8 Å². The molecule has 1 aliphatic rings. The van der Waals surface area contributed by atoms with E-state index in [-0.39, 0.29) is 17.9 Å². The fourth-order valence-corrected chi connectivity index (χ4v) is 3.87. The van der Waals surface area contributed by atoms with Crippen molar-refractivity contribution in [3.63, 3.8) is 0 Å². The molecule has 160 valence electrons. The van der Waals surface area contributed by atoms with Crippen molar-refractivity contribution in [3.8, 4) is 23.0 Å². The van der Waals surface area contributed by atoms with E-state index in [1.807, 2.05) is 12.1 Å². The van der Waals surface area contributed by atoms with Crippen LogP contribution >= 0.6 is 0 Å². The quantitative estimate of drug-likeness (QED) is 0.625. The van der Waals surface area contributed by atoms with Crippen molar-refractivity contribution in [2.24, 2.45) is 5.92 Å². The highest BCUT2D eigenvalue weighted by Gasteiger charge is 2.31. The van der Waals surface area contributed by atoms with E-state index < -0.39 is 5.82 Å². The zero-order valence-electron chi connectivity index (χ0n) is 17.1. The highest BCUT2D eigenvalue weighted by atomic mass is 19.1. The monoisotopic (exact) mass is 422 g/mol. The lowest BCUT2D eigenvalue weighted by Gasteiger charge is -2.22. The summed E-state index contributed by atoms with van der Waals surface area (Å²) < 4.78 is 24.2. The van der Waals surface area contributed by atoms with E-state index in [0.717, 1.165) is 25.5 Å². The van der Waals surface area contributed by atoms with Crippen LogP contribution < -0.4 is 14.8 Å². The molecule has 1 aliphatic carbocycles. The zero-order chi connectivity index (χ0) is 21.6. The molecule has 0 bridgehead atoms. The Morgan fingerprint density at radius 3 is 2.71 bits per heavy atom. The van der Waals surface area contributed by atoms with Gasteiger partial charge in [0.25, 0.3) is 5.91 Å². The van der Waals surface area contributed by atoms with Crippen LogP contribution in [0, 0.1) is 11.7 Å². The molecule has 2 aromatic heterocycles. The Hall–Kier alpha value is -3.55. The minimum Gasteiger partial charge on any atom is -0.496 e. The van der Waals surface area contributed by atoms with Gasteiger partial charge in [-0.3, -0.25) is 4.79 Å². The molecular weight excluding hydrogens is 399 g/mol. The second kappa shape index (κ2) is 9.51. The molecule has 0 aliphatic heterocycles. The third-order valence-electron chi connectivity index (χ3n) is 5.40. The highest BCUT2D eigenvalue weighted by molar-refractivity contribution is 6.03. The summed E-state index contributed by atoms with van der Waals surface area (Å²) in [7, 11) is 1.53. The maximum absolute atomic E-state index is 13.3. The van der Waals surface area contributed by atoms with Gasteiger partial charge in [0, 0.05) is 36.0 Å². The Morgan fingerprint density at radius 2 is 1.97 bits per heavy atom. The van der Waals surface area contributed by atoms with Gasteiger partial charge in [0.05, 0.1) is 25.5 Å². The van der Waals surface area contributed by atoms with Gasteiger partial charge in [-0.1, -0.05) is 18.6 Å². The van der Waals surface area contributed by atoms with Crippen LogP contribution in [0.4, 0.5) is 4.39 Å². The molecule has 0 saturated heterocycles. The number of carbonyl (C=O) groups is 1. The van der Waals surface area contributed by atoms with Crippen LogP contribution in [0.1, 0.15) is 29.6 Å². The van der Waals surface area contributed by atoms with Gasteiger partial charge in [-0.05, 0) is 31.0 Å². The Morgan fingerprint density at radius 1 is 1.13 bits per heavy atom. The summed E-state index contributed by atoms with van der Waals surface area (Å²) in [6.07, 6.45) is 7.15. The molecule has 1 N–H and O–H groups in total. The average molecular weight is 422 g/mol. The molecule has 1 fully saturated rings. The number of ether oxygens (including phenoxy) is 2. The maximum Gasteiger partial charge on any atom is 0.256 e. The SMILES string of the molecule is COc1cccc(-c2ncccn2)c1C(=O)N[C@H]1CCC[C@@H]1COc1ccc(F)cn1. The van der Waals surface area contributed by atoms with Gasteiger partial charge in [0.1, 0.15) is 11.6 Å². The first-order chi connectivity index (χ1) is 15.2. The summed E-state index contributed by atoms with van der Waals surface area (Å²) in [5, 5.41) is 3.14. The zero-order valence-corrected chi connectivity index (χ0v) is 17.1. The largest absolute Gasteiger partial charge is 0.496 e. The number of nitrogens with one attached hydrogen (secondary N) is 1. The summed E-state index contributed by atoms with van der Waals surface area (Å²) >= 11 is 0. The Balaban J connectivity index is 1.50. The summed E-state index contributed by atoms with van der Waals surface area (Å²) in [6.45, 7) is 0.393. The third-order valence-corrected chi connectivity index (χ3v) is 5.40. The van der Waals surface area contributed by atoms with Gasteiger partial charge in [0.2, 0.25) is 5.88 Å². The van der Waals surface area contributed by atoms with Crippen LogP contribution in [-0.4, -0.2) is 40.6 Å². The fraction of sp³-hybridized carbons (Fsp3) is 0.304. The van der Waals surface area contributed by atoms with E-state index in [1.165, 1.54) is 19.2 Å². The number of methoxy groups -OCH3 is 1. The Kier molecular flexibility index (Phi) is 6.35. The minimum absolute atomic E-state index is 0.0533. The molecule has 31 heavy (non-hydrogen) atoms. The molecule has 0 radical (unpaired) electrons. The van der Waals surface area contributed by atoms with E-state index in [2.05, 4.69) is 20.3 Å². The second-order valence-electron chi connectivity index (χ2n) is 7.35. The van der Waals surface area contributed by atoms with Crippen LogP contribution in [0.15, 0.2) is 55.0 Å². The molecule has 7 nitrogen and oxygen atoms in total. The number of hydrogen-bond acceptors (Lipinski definition) is 6. The molecule has 1 aromatic carbocycles. The van der Waals surface area contributed by atoms with Gasteiger partial charge in [-0.2, -0.15) is 0 Å². The molecule has 4 rings (SSSR count). The van der Waals surface area contributed by atoms with Crippen molar-refractivity contribution in [2.45, 2.75) is 25.3 Å². The van der Waals surface area contributed by atoms with Crippen molar-refractivity contribution < 1.29 is 18.7 Å². The smallest absolute Gasteiger partial charge is 0.256 e. The number of hydrogen-bond donors (Lipinski definition) is 1. The number of benzene rings is 1. The van der Waals surface area contributed by atoms with Crippen molar-refractivity contribution >= 4 is 5.91 Å². The number of pyridine rings is 1. The van der Waals surface area contributed by atoms with Gasteiger partial charge >= 0.3 is 0 Å². The molecular formula is C23H23FN4O3. The minimum atomic E-state index is -0.409. The lowest BCUT2D eigenvalue weighted by atomic mass is 10.0. The first-order valence-corrected chi connectivity index (χ1v) is 10.2. The number of amides is 1. The van der Waals surface area contributed by atoms with Gasteiger partial charge in [-0.15, -0.1) is 0 Å². The molecule has 1 amide bonds. The van der Waals surface area contributed by atoms with E-state index in [1.54, 1.807) is 24.5 Å². The van der Waals surface area contributed by atoms with E-state index >= 15 is 0 Å². The van der Waals surface area contributed by atoms with Crippen LogP contribution in [-0.2, 0) is 0 Å². The number of aromatic nitrogens is 3. The predicted molar refractivity (Wildman–Crippen MR) is 112 cm³/mol. The Bertz CT molecular complexity index is 1030. The van der Waals surface area contributed by atoms with E-state index in [9.17, 15) is 9.18 Å². The predicted octanol–water partition coefficient (Wildman–Crippen LogP) is 3.66. The number of halogens is 1. The summed E-state index contributed by atoms with van der Waals surface area (Å²) in [6, 6.07) is 9.84. The fourth-order valence-electron chi connectivity index (χ4n) is 3.87. The standard InChI is InChI=1S/C23H23FN4O3/c1-30-19-8-3-6-17(22-25-11-4-12-26-22)21(19)23(29)28-18-7-2-5-15(18)14-31-20-10-9-16(24)13-27-20/h3-4,6,8-13,15,18H,2,5,7,14H2,1H3,(H,28,29)/t15-,18+/m1/s1. The first kappa shape index (κ1) is 20.7. The summed E-state index contributed by atoms with van der Waals surface area (Å²) in [5.74, 6) is 0.766. The van der Waals surface area contributed by atoms with Gasteiger partial charge in [-0.25, -0.2) is 19.3 Å². The van der Waals surface area contributed by atoms with Crippen LogP contribution in [0.5, 0.6) is 11.6 Å². The van der Waals surface area contributed by atoms with Crippen LogP contribution in [0.3, 0.4) is 0 Å². The molecule has 2 heterocycles. The van der Waals surface area contributed by atoms with E-state index in [0.29, 0.717) is 35.2 Å². The molecule has 0 spiro atoms. The van der Waals surface area contributed by atoms with Crippen LogP contribution in [0.25, 0.3) is 11.4 Å². The summed E-state index contributed by atoms with van der Waals surface area (Å²) in [4.78, 5) is 25.8. The maximum atomic E-state index is 13.3. The average Bonchev–Trinajstić information content (AvgIpc) is 3.25. The lowest BCUT2D eigenvalue weighted by Crippen LogP contribution is -2.39. The highest BCUT2D eigenvalue weighted by Crippen LogP contribution is 2.31.